The van der Waals surface area contributed by atoms with Crippen LogP contribution in [0.2, 0.25) is 0 Å². The Labute approximate surface area is 497 Å². The summed E-state index contributed by atoms with van der Waals surface area (Å²) in [5, 5.41) is 9.85. The number of rotatable bonds is 54. The first-order valence-electron chi connectivity index (χ1n) is 30.7. The second-order valence-electron chi connectivity index (χ2n) is 19.4. The summed E-state index contributed by atoms with van der Waals surface area (Å²) >= 11 is 0. The molecule has 0 aromatic carbocycles. The molecule has 12 heteroatoms. The number of esters is 3. The van der Waals surface area contributed by atoms with Gasteiger partial charge in [-0.1, -0.05) is 222 Å². The van der Waals surface area contributed by atoms with Crippen molar-refractivity contribution in [3.05, 3.63) is 182 Å². The molecule has 0 aliphatic heterocycles. The molecule has 11 nitrogen and oxygen atoms in total. The Morgan fingerprint density at radius 2 is 0.622 bits per heavy atom. The highest BCUT2D eigenvalue weighted by atomic mass is 31.2. The van der Waals surface area contributed by atoms with Crippen LogP contribution in [0.5, 0.6) is 0 Å². The minimum atomic E-state index is -4.80. The lowest BCUT2D eigenvalue weighted by molar-refractivity contribution is -0.161. The summed E-state index contributed by atoms with van der Waals surface area (Å²) in [4.78, 5) is 48.7. The second kappa shape index (κ2) is 61.6. The van der Waals surface area contributed by atoms with Gasteiger partial charge >= 0.3 is 25.7 Å². The summed E-state index contributed by atoms with van der Waals surface area (Å²) in [5.41, 5.74) is 0. The number of aliphatic hydroxyl groups excluding tert-OH is 1. The zero-order valence-corrected chi connectivity index (χ0v) is 51.5. The number of ether oxygens (including phenoxy) is 3. The van der Waals surface area contributed by atoms with E-state index in [-0.39, 0.29) is 19.3 Å². The Morgan fingerprint density at radius 1 is 0.341 bits per heavy atom. The summed E-state index contributed by atoms with van der Waals surface area (Å²) < 4.78 is 39.5. The van der Waals surface area contributed by atoms with Crippen molar-refractivity contribution in [2.75, 3.05) is 26.4 Å². The van der Waals surface area contributed by atoms with Gasteiger partial charge in [0.25, 0.3) is 0 Å². The van der Waals surface area contributed by atoms with Crippen molar-refractivity contribution in [1.29, 1.82) is 0 Å². The highest BCUT2D eigenvalue weighted by Gasteiger charge is 2.28. The number of phosphoric ester groups is 1. The first-order valence-corrected chi connectivity index (χ1v) is 32.2. The van der Waals surface area contributed by atoms with Gasteiger partial charge in [0.15, 0.2) is 6.10 Å². The summed E-state index contributed by atoms with van der Waals surface area (Å²) in [6, 6.07) is 0. The molecular formula is C70H107O11P. The molecule has 0 spiro atoms. The maximum atomic E-state index is 12.9. The van der Waals surface area contributed by atoms with Crippen molar-refractivity contribution in [1.82, 2.24) is 0 Å². The molecule has 0 bridgehead atoms. The van der Waals surface area contributed by atoms with Crippen LogP contribution in [-0.4, -0.2) is 66.5 Å². The van der Waals surface area contributed by atoms with E-state index in [9.17, 15) is 28.9 Å². The van der Waals surface area contributed by atoms with Crippen molar-refractivity contribution in [3.63, 3.8) is 0 Å². The summed E-state index contributed by atoms with van der Waals surface area (Å²) in [6.07, 6.45) is 84.3. The number of aliphatic hydroxyl groups is 1. The highest BCUT2D eigenvalue weighted by molar-refractivity contribution is 7.47. The van der Waals surface area contributed by atoms with Crippen LogP contribution in [-0.2, 0) is 42.2 Å². The monoisotopic (exact) mass is 1150 g/mol. The van der Waals surface area contributed by atoms with Crippen molar-refractivity contribution in [2.24, 2.45) is 0 Å². The number of carbonyl (C=O) groups excluding carboxylic acids is 3. The van der Waals surface area contributed by atoms with Crippen LogP contribution in [0.4, 0.5) is 0 Å². The van der Waals surface area contributed by atoms with E-state index in [0.717, 1.165) is 135 Å². The number of allylic oxidation sites excluding steroid dienone is 30. The minimum Gasteiger partial charge on any atom is -0.462 e. The molecule has 0 heterocycles. The predicted molar refractivity (Wildman–Crippen MR) is 343 cm³/mol. The number of hydrogen-bond acceptors (Lipinski definition) is 10. The number of phosphoric acid groups is 1. The molecule has 0 radical (unpaired) electrons. The number of unbranched alkanes of at least 4 members (excludes halogenated alkanes) is 7. The molecule has 0 saturated carbocycles. The molecule has 3 atom stereocenters. The van der Waals surface area contributed by atoms with Gasteiger partial charge < -0.3 is 24.2 Å². The minimum absolute atomic E-state index is 0.0225. The Balaban J connectivity index is 4.92. The van der Waals surface area contributed by atoms with Gasteiger partial charge in [0.2, 0.25) is 0 Å². The van der Waals surface area contributed by atoms with Gasteiger partial charge in [-0.3, -0.25) is 23.4 Å². The summed E-state index contributed by atoms with van der Waals surface area (Å²) in [5.74, 6) is -1.65. The third kappa shape index (κ3) is 59.2. The van der Waals surface area contributed by atoms with E-state index in [1.807, 2.05) is 12.2 Å². The number of hydrogen-bond donors (Lipinski definition) is 2. The first-order chi connectivity index (χ1) is 40.2. The van der Waals surface area contributed by atoms with E-state index >= 15 is 0 Å². The van der Waals surface area contributed by atoms with Crippen LogP contribution in [0.25, 0.3) is 0 Å². The Morgan fingerprint density at radius 3 is 0.988 bits per heavy atom. The van der Waals surface area contributed by atoms with Crippen LogP contribution in [0, 0.1) is 0 Å². The third-order valence-electron chi connectivity index (χ3n) is 11.8. The van der Waals surface area contributed by atoms with Crippen molar-refractivity contribution >= 4 is 25.7 Å². The molecule has 0 aromatic heterocycles. The number of carbonyl (C=O) groups is 3. The molecule has 0 amide bonds. The largest absolute Gasteiger partial charge is 0.472 e. The van der Waals surface area contributed by atoms with E-state index in [1.54, 1.807) is 0 Å². The molecule has 82 heavy (non-hydrogen) atoms. The van der Waals surface area contributed by atoms with E-state index in [0.29, 0.717) is 25.7 Å². The molecule has 2 N–H and O–H groups in total. The Bertz CT molecular complexity index is 2080. The van der Waals surface area contributed by atoms with Gasteiger partial charge in [-0.15, -0.1) is 0 Å². The molecule has 0 rings (SSSR count). The van der Waals surface area contributed by atoms with Crippen molar-refractivity contribution in [2.45, 2.75) is 213 Å². The van der Waals surface area contributed by atoms with Crippen LogP contribution in [0.15, 0.2) is 182 Å². The lowest BCUT2D eigenvalue weighted by Crippen LogP contribution is -2.30. The van der Waals surface area contributed by atoms with Gasteiger partial charge in [-0.05, 0) is 141 Å². The maximum absolute atomic E-state index is 12.9. The molecular weight excluding hydrogens is 1050 g/mol. The third-order valence-corrected chi connectivity index (χ3v) is 12.8. The van der Waals surface area contributed by atoms with Gasteiger partial charge in [-0.25, -0.2) is 4.57 Å². The summed E-state index contributed by atoms with van der Waals surface area (Å²) in [6.45, 7) is 4.13. The molecule has 458 valence electrons. The smallest absolute Gasteiger partial charge is 0.462 e. The predicted octanol–water partition coefficient (Wildman–Crippen LogP) is 18.8. The molecule has 0 fully saturated rings. The molecule has 0 aliphatic rings. The second-order valence-corrected chi connectivity index (χ2v) is 20.8. The van der Waals surface area contributed by atoms with Crippen LogP contribution in [0.3, 0.4) is 0 Å². The van der Waals surface area contributed by atoms with Gasteiger partial charge in [0.1, 0.15) is 12.7 Å². The topological polar surface area (TPSA) is 155 Å². The fraction of sp³-hybridized carbons (Fsp3) is 0.529. The van der Waals surface area contributed by atoms with Crippen LogP contribution >= 0.6 is 7.82 Å². The Hall–Kier alpha value is -5.42. The Kier molecular flexibility index (Phi) is 57.6. The molecule has 0 saturated heterocycles. The van der Waals surface area contributed by atoms with Crippen LogP contribution < -0.4 is 0 Å². The average Bonchev–Trinajstić information content (AvgIpc) is 3.50. The van der Waals surface area contributed by atoms with Gasteiger partial charge in [0, 0.05) is 19.3 Å². The molecule has 0 aliphatic carbocycles. The maximum Gasteiger partial charge on any atom is 0.472 e. The van der Waals surface area contributed by atoms with Crippen molar-refractivity contribution < 1.29 is 52.2 Å². The van der Waals surface area contributed by atoms with E-state index in [4.69, 9.17) is 23.3 Å². The van der Waals surface area contributed by atoms with E-state index in [2.05, 4.69) is 191 Å². The van der Waals surface area contributed by atoms with E-state index < -0.39 is 64.4 Å². The molecule has 3 unspecified atom stereocenters. The lowest BCUT2D eigenvalue weighted by Gasteiger charge is -2.21. The standard InChI is InChI=1S/C70H107O11P/c1-4-7-10-13-16-19-22-25-28-31-33-36-39-42-45-48-51-54-57-60-69(73)80-66(62-71)64-78-82(75,76)79-65-67(63-77-68(72)59-56-53-50-47-44-41-38-35-30-27-24-21-18-15-12-9-6-3)81-70(74)61-58-55-52-49-46-43-40-37-34-32-29-26-23-20-17-14-11-8-5-2/h7-12,16-21,25-30,33-34,36-38,41-43,45-46,52,55,66-67,71H,4-6,13-15,22-24,31-32,35,39-40,44,47-51,53-54,56-65H2,1-3H3,(H,75,76)/b10-7-,11-8-,12-9-,19-16-,20-17-,21-18-,28-25-,29-26-,30-27-,36-33-,37-34-,41-38-,45-42-,46-43-,55-52-. The van der Waals surface area contributed by atoms with Gasteiger partial charge in [0.05, 0.1) is 19.8 Å². The van der Waals surface area contributed by atoms with Crippen LogP contribution in [0.1, 0.15) is 201 Å². The van der Waals surface area contributed by atoms with E-state index in [1.165, 1.54) is 0 Å². The van der Waals surface area contributed by atoms with Crippen molar-refractivity contribution in [3.8, 4) is 0 Å². The molecule has 0 aromatic rings. The average molecular weight is 1160 g/mol. The summed E-state index contributed by atoms with van der Waals surface area (Å²) in [7, 11) is -4.80. The highest BCUT2D eigenvalue weighted by Crippen LogP contribution is 2.43. The van der Waals surface area contributed by atoms with Gasteiger partial charge in [-0.2, -0.15) is 0 Å². The fourth-order valence-corrected chi connectivity index (χ4v) is 8.06. The quantitative estimate of drug-likeness (QED) is 0.0197. The SMILES string of the molecule is CC/C=C\C/C=C\C/C=C\C/C=C\C/C=C\C/C=C\CCC(=O)OC(COC(=O)CCCCCC/C=C\C/C=C\C/C=C\C/C=C\CC)COP(=O)(O)OCC(CO)OC(=O)CCCCC/C=C\C/C=C\C/C=C\C/C=C\C/C=C\CC. The normalized spacial score (nSPS) is 14.5. The lowest BCUT2D eigenvalue weighted by atomic mass is 10.1. The zero-order valence-electron chi connectivity index (χ0n) is 50.6. The fourth-order valence-electron chi connectivity index (χ4n) is 7.28. The first kappa shape index (κ1) is 76.6. The zero-order chi connectivity index (χ0) is 59.8.